The molecule has 0 spiro atoms. The van der Waals surface area contributed by atoms with Crippen molar-refractivity contribution in [3.8, 4) is 0 Å². The first-order valence-corrected chi connectivity index (χ1v) is 4.23. The van der Waals surface area contributed by atoms with E-state index in [2.05, 4.69) is 9.78 Å². The van der Waals surface area contributed by atoms with Gasteiger partial charge in [0.05, 0.1) is 0 Å². The lowest BCUT2D eigenvalue weighted by molar-refractivity contribution is -0.295. The highest BCUT2D eigenvalue weighted by Crippen LogP contribution is 2.17. The second-order valence-corrected chi connectivity index (χ2v) is 2.80. The zero-order valence-corrected chi connectivity index (χ0v) is 8.04. The van der Waals surface area contributed by atoms with Crippen LogP contribution in [0.5, 0.6) is 0 Å². The lowest BCUT2D eigenvalue weighted by Gasteiger charge is -2.10. The molecule has 0 radical (unpaired) electrons. The number of carbonyl (C=O) groups is 2. The number of aliphatic carboxylic acids is 1. The Morgan fingerprint density at radius 2 is 1.87 bits per heavy atom. The van der Waals surface area contributed by atoms with E-state index in [4.69, 9.17) is 5.11 Å². The third-order valence-corrected chi connectivity index (χ3v) is 1.59. The topological polar surface area (TPSA) is 72.8 Å². The standard InChI is InChI=1S/C10H10O5/c1-7(11)14-15-9(10(12)13)8-5-3-2-4-6-8/h2-6,9H,1H3,(H,12,13)/t9-/m1/s1. The van der Waals surface area contributed by atoms with Crippen molar-refractivity contribution in [2.24, 2.45) is 0 Å². The number of hydrogen-bond donors (Lipinski definition) is 1. The molecule has 0 heterocycles. The number of hydrogen-bond acceptors (Lipinski definition) is 4. The van der Waals surface area contributed by atoms with Gasteiger partial charge in [0, 0.05) is 6.92 Å². The van der Waals surface area contributed by atoms with Gasteiger partial charge < -0.3 is 5.11 Å². The fraction of sp³-hybridized carbons (Fsp3) is 0.200. The zero-order chi connectivity index (χ0) is 11.3. The normalized spacial score (nSPS) is 11.8. The van der Waals surface area contributed by atoms with Gasteiger partial charge in [-0.05, 0) is 5.56 Å². The molecule has 1 aromatic carbocycles. The molecule has 0 unspecified atom stereocenters. The van der Waals surface area contributed by atoms with E-state index in [1.54, 1.807) is 30.3 Å². The number of rotatable bonds is 4. The van der Waals surface area contributed by atoms with Crippen molar-refractivity contribution < 1.29 is 24.5 Å². The zero-order valence-electron chi connectivity index (χ0n) is 8.04. The first-order valence-electron chi connectivity index (χ1n) is 4.23. The van der Waals surface area contributed by atoms with Crippen LogP contribution in [0.25, 0.3) is 0 Å². The lowest BCUT2D eigenvalue weighted by atomic mass is 10.1. The summed E-state index contributed by atoms with van der Waals surface area (Å²) in [6.07, 6.45) is -1.30. The average Bonchev–Trinajstić information content (AvgIpc) is 2.18. The summed E-state index contributed by atoms with van der Waals surface area (Å²) >= 11 is 0. The molecule has 5 heteroatoms. The van der Waals surface area contributed by atoms with Gasteiger partial charge in [0.2, 0.25) is 6.10 Å². The SMILES string of the molecule is CC(=O)OO[C@@H](C(=O)O)c1ccccc1. The van der Waals surface area contributed by atoms with Crippen molar-refractivity contribution in [2.75, 3.05) is 0 Å². The summed E-state index contributed by atoms with van der Waals surface area (Å²) in [4.78, 5) is 30.0. The maximum Gasteiger partial charge on any atom is 0.342 e. The summed E-state index contributed by atoms with van der Waals surface area (Å²) in [5, 5.41) is 8.82. The van der Waals surface area contributed by atoms with Crippen LogP contribution in [0.4, 0.5) is 0 Å². The Kier molecular flexibility index (Phi) is 3.82. The van der Waals surface area contributed by atoms with Gasteiger partial charge in [0.25, 0.3) is 0 Å². The van der Waals surface area contributed by atoms with E-state index >= 15 is 0 Å². The van der Waals surface area contributed by atoms with Crippen molar-refractivity contribution in [2.45, 2.75) is 13.0 Å². The summed E-state index contributed by atoms with van der Waals surface area (Å²) in [6, 6.07) is 8.23. The first kappa shape index (κ1) is 11.2. The number of carboxylic acids is 1. The van der Waals surface area contributed by atoms with Crippen LogP contribution in [0, 0.1) is 0 Å². The molecule has 1 atom stereocenters. The van der Waals surface area contributed by atoms with Gasteiger partial charge in [-0.2, -0.15) is 4.89 Å². The minimum Gasteiger partial charge on any atom is -0.479 e. The monoisotopic (exact) mass is 210 g/mol. The number of carboxylic acid groups (broad SMARTS) is 1. The van der Waals surface area contributed by atoms with E-state index in [9.17, 15) is 9.59 Å². The number of benzene rings is 1. The van der Waals surface area contributed by atoms with E-state index < -0.39 is 18.0 Å². The van der Waals surface area contributed by atoms with E-state index in [0.29, 0.717) is 5.56 Å². The van der Waals surface area contributed by atoms with Crippen molar-refractivity contribution >= 4 is 11.9 Å². The Morgan fingerprint density at radius 3 is 2.33 bits per heavy atom. The van der Waals surface area contributed by atoms with Gasteiger partial charge in [-0.15, -0.1) is 0 Å². The Balaban J connectivity index is 2.75. The highest BCUT2D eigenvalue weighted by Gasteiger charge is 2.22. The molecule has 0 saturated heterocycles. The molecule has 80 valence electrons. The molecule has 15 heavy (non-hydrogen) atoms. The molecule has 1 N–H and O–H groups in total. The third-order valence-electron chi connectivity index (χ3n) is 1.59. The van der Waals surface area contributed by atoms with Gasteiger partial charge in [0.1, 0.15) is 0 Å². The fourth-order valence-corrected chi connectivity index (χ4v) is 0.983. The molecule has 0 saturated carbocycles. The van der Waals surface area contributed by atoms with E-state index in [1.807, 2.05) is 0 Å². The van der Waals surface area contributed by atoms with Crippen molar-refractivity contribution in [1.82, 2.24) is 0 Å². The highest BCUT2D eigenvalue weighted by atomic mass is 17.2. The van der Waals surface area contributed by atoms with Crippen LogP contribution in [-0.4, -0.2) is 17.0 Å². The maximum atomic E-state index is 10.8. The second kappa shape index (κ2) is 5.11. The molecular weight excluding hydrogens is 200 g/mol. The summed E-state index contributed by atoms with van der Waals surface area (Å²) in [6.45, 7) is 1.13. The van der Waals surface area contributed by atoms with Crippen molar-refractivity contribution in [3.05, 3.63) is 35.9 Å². The summed E-state index contributed by atoms with van der Waals surface area (Å²) in [5.41, 5.74) is 0.409. The van der Waals surface area contributed by atoms with E-state index in [1.165, 1.54) is 0 Å². The summed E-state index contributed by atoms with van der Waals surface area (Å²) < 4.78 is 0. The van der Waals surface area contributed by atoms with Gasteiger partial charge in [0.15, 0.2) is 0 Å². The predicted octanol–water partition coefficient (Wildman–Crippen LogP) is 1.31. The smallest absolute Gasteiger partial charge is 0.342 e. The largest absolute Gasteiger partial charge is 0.479 e. The fourth-order valence-electron chi connectivity index (χ4n) is 0.983. The Labute approximate surface area is 86.2 Å². The molecule has 1 aromatic rings. The van der Waals surface area contributed by atoms with Crippen molar-refractivity contribution in [3.63, 3.8) is 0 Å². The molecular formula is C10H10O5. The van der Waals surface area contributed by atoms with Crippen LogP contribution in [0.3, 0.4) is 0 Å². The van der Waals surface area contributed by atoms with Gasteiger partial charge >= 0.3 is 11.9 Å². The molecule has 5 nitrogen and oxygen atoms in total. The molecule has 1 rings (SSSR count). The minimum atomic E-state index is -1.30. The Morgan fingerprint density at radius 1 is 1.27 bits per heavy atom. The molecule has 0 aromatic heterocycles. The Bertz CT molecular complexity index is 346. The summed E-state index contributed by atoms with van der Waals surface area (Å²) in [7, 11) is 0. The highest BCUT2D eigenvalue weighted by molar-refractivity contribution is 5.74. The molecule has 0 aliphatic heterocycles. The van der Waals surface area contributed by atoms with Gasteiger partial charge in [-0.1, -0.05) is 30.3 Å². The number of carbonyl (C=O) groups excluding carboxylic acids is 1. The molecule has 0 fully saturated rings. The summed E-state index contributed by atoms with van der Waals surface area (Å²) in [5.74, 6) is -1.92. The first-order chi connectivity index (χ1) is 7.11. The van der Waals surface area contributed by atoms with Crippen LogP contribution in [0.1, 0.15) is 18.6 Å². The minimum absolute atomic E-state index is 0.409. The van der Waals surface area contributed by atoms with Gasteiger partial charge in [-0.25, -0.2) is 9.59 Å². The van der Waals surface area contributed by atoms with Gasteiger partial charge in [-0.3, -0.25) is 4.89 Å². The second-order valence-electron chi connectivity index (χ2n) is 2.80. The molecule has 0 bridgehead atoms. The van der Waals surface area contributed by atoms with Crippen molar-refractivity contribution in [1.29, 1.82) is 0 Å². The Hall–Kier alpha value is -1.88. The van der Waals surface area contributed by atoms with Crippen LogP contribution >= 0.6 is 0 Å². The molecule has 0 aliphatic rings. The van der Waals surface area contributed by atoms with Crippen LogP contribution in [0.15, 0.2) is 30.3 Å². The van der Waals surface area contributed by atoms with E-state index in [-0.39, 0.29) is 0 Å². The van der Waals surface area contributed by atoms with E-state index in [0.717, 1.165) is 6.92 Å². The van der Waals surface area contributed by atoms with Crippen LogP contribution in [-0.2, 0) is 19.4 Å². The third kappa shape index (κ3) is 3.40. The predicted molar refractivity (Wildman–Crippen MR) is 49.7 cm³/mol. The molecule has 0 amide bonds. The van der Waals surface area contributed by atoms with Crippen LogP contribution in [0.2, 0.25) is 0 Å². The maximum absolute atomic E-state index is 10.8. The average molecular weight is 210 g/mol. The van der Waals surface area contributed by atoms with Crippen LogP contribution < -0.4 is 0 Å². The quantitative estimate of drug-likeness (QED) is 0.599. The lowest BCUT2D eigenvalue weighted by Crippen LogP contribution is -2.17. The molecule has 0 aliphatic carbocycles.